The molecule has 1 aromatic rings. The lowest BCUT2D eigenvalue weighted by Crippen LogP contribution is -2.47. The van der Waals surface area contributed by atoms with Gasteiger partial charge in [-0.2, -0.15) is 0 Å². The van der Waals surface area contributed by atoms with Crippen molar-refractivity contribution in [3.63, 3.8) is 0 Å². The molecule has 0 aliphatic heterocycles. The molecule has 4 N–H and O–H groups in total. The molecule has 0 radical (unpaired) electrons. The van der Waals surface area contributed by atoms with Gasteiger partial charge in [0.05, 0.1) is 12.0 Å². The van der Waals surface area contributed by atoms with Gasteiger partial charge in [-0.15, -0.1) is 0 Å². The molecule has 18 heavy (non-hydrogen) atoms. The van der Waals surface area contributed by atoms with Gasteiger partial charge in [0.1, 0.15) is 5.82 Å². The first-order chi connectivity index (χ1) is 8.66. The normalized spacial score (nSPS) is 28.0. The second-order valence-corrected chi connectivity index (χ2v) is 5.39. The van der Waals surface area contributed by atoms with Gasteiger partial charge in [-0.25, -0.2) is 4.98 Å². The topological polar surface area (TPSA) is 83.8 Å². The number of rotatable bonds is 4. The van der Waals surface area contributed by atoms with Crippen LogP contribution < -0.4 is 11.1 Å². The van der Waals surface area contributed by atoms with Gasteiger partial charge in [0.15, 0.2) is 0 Å². The van der Waals surface area contributed by atoms with Gasteiger partial charge in [0, 0.05) is 18.9 Å². The summed E-state index contributed by atoms with van der Waals surface area (Å²) in [4.78, 5) is 19.4. The van der Waals surface area contributed by atoms with Crippen LogP contribution >= 0.6 is 0 Å². The lowest BCUT2D eigenvalue weighted by Gasteiger charge is -2.37. The van der Waals surface area contributed by atoms with Crippen LogP contribution in [-0.2, 0) is 11.3 Å². The monoisotopic (exact) mass is 250 g/mol. The summed E-state index contributed by atoms with van der Waals surface area (Å²) in [6.07, 6.45) is 7.41. The maximum absolute atomic E-state index is 12.3. The molecule has 0 unspecified atom stereocenters. The molecule has 1 aliphatic carbocycles. The van der Waals surface area contributed by atoms with Crippen molar-refractivity contribution < 1.29 is 4.79 Å². The van der Waals surface area contributed by atoms with E-state index in [1.807, 2.05) is 0 Å². The highest BCUT2D eigenvalue weighted by Gasteiger charge is 2.39. The average Bonchev–Trinajstić information content (AvgIpc) is 2.90. The molecule has 0 atom stereocenters. The first-order valence-electron chi connectivity index (χ1n) is 6.63. The number of nitrogens with one attached hydrogen (secondary N) is 2. The number of aromatic nitrogens is 2. The molecular formula is C13H22N4O. The third kappa shape index (κ3) is 2.72. The van der Waals surface area contributed by atoms with Crippen LogP contribution in [0, 0.1) is 11.3 Å². The molecule has 1 amide bonds. The summed E-state index contributed by atoms with van der Waals surface area (Å²) >= 11 is 0. The number of imidazole rings is 1. The Hall–Kier alpha value is -1.36. The predicted octanol–water partition coefficient (Wildman–Crippen LogP) is 1.18. The van der Waals surface area contributed by atoms with Crippen LogP contribution in [0.15, 0.2) is 12.4 Å². The fraction of sp³-hybridized carbons (Fsp3) is 0.692. The summed E-state index contributed by atoms with van der Waals surface area (Å²) in [5.41, 5.74) is 5.49. The fourth-order valence-electron chi connectivity index (χ4n) is 2.58. The zero-order valence-electron chi connectivity index (χ0n) is 10.9. The summed E-state index contributed by atoms with van der Waals surface area (Å²) in [6, 6.07) is 0. The fourth-order valence-corrected chi connectivity index (χ4v) is 2.58. The van der Waals surface area contributed by atoms with Gasteiger partial charge in [0.25, 0.3) is 0 Å². The van der Waals surface area contributed by atoms with Crippen LogP contribution in [0.3, 0.4) is 0 Å². The number of hydrogen-bond donors (Lipinski definition) is 3. The number of nitrogens with zero attached hydrogens (tertiary/aromatic N) is 1. The van der Waals surface area contributed by atoms with E-state index in [4.69, 9.17) is 5.73 Å². The Morgan fingerprint density at radius 1 is 1.61 bits per heavy atom. The third-order valence-corrected chi connectivity index (χ3v) is 4.08. The van der Waals surface area contributed by atoms with Crippen molar-refractivity contribution in [2.45, 2.75) is 39.2 Å². The average molecular weight is 250 g/mol. The molecule has 1 saturated carbocycles. The lowest BCUT2D eigenvalue weighted by molar-refractivity contribution is -0.133. The van der Waals surface area contributed by atoms with Gasteiger partial charge in [0.2, 0.25) is 5.91 Å². The molecule has 100 valence electrons. The first-order valence-corrected chi connectivity index (χ1v) is 6.63. The molecule has 5 heteroatoms. The summed E-state index contributed by atoms with van der Waals surface area (Å²) in [7, 11) is 0. The first kappa shape index (κ1) is 13.1. The number of H-pyrrole nitrogens is 1. The van der Waals surface area contributed by atoms with E-state index in [0.29, 0.717) is 19.0 Å². The standard InChI is InChI=1S/C13H22N4O/c1-10-2-4-13(9-14,5-3-10)12(18)17-8-11-15-6-7-16-11/h6-7,10H,2-5,8-9,14H2,1H3,(H,15,16)(H,17,18). The Morgan fingerprint density at radius 2 is 2.33 bits per heavy atom. The molecule has 1 aliphatic rings. The highest BCUT2D eigenvalue weighted by molar-refractivity contribution is 5.82. The van der Waals surface area contributed by atoms with Gasteiger partial charge < -0.3 is 16.0 Å². The van der Waals surface area contributed by atoms with E-state index in [-0.39, 0.29) is 11.3 Å². The van der Waals surface area contributed by atoms with Crippen LogP contribution in [-0.4, -0.2) is 22.4 Å². The van der Waals surface area contributed by atoms with E-state index in [1.54, 1.807) is 12.4 Å². The number of carbonyl (C=O) groups excluding carboxylic acids is 1. The highest BCUT2D eigenvalue weighted by atomic mass is 16.2. The van der Waals surface area contributed by atoms with E-state index >= 15 is 0 Å². The molecule has 0 aromatic carbocycles. The van der Waals surface area contributed by atoms with Gasteiger partial charge in [-0.05, 0) is 31.6 Å². The van der Waals surface area contributed by atoms with E-state index in [2.05, 4.69) is 22.2 Å². The van der Waals surface area contributed by atoms with Crippen molar-refractivity contribution in [2.75, 3.05) is 6.54 Å². The van der Waals surface area contributed by atoms with Crippen LogP contribution in [0.25, 0.3) is 0 Å². The predicted molar refractivity (Wildman–Crippen MR) is 69.6 cm³/mol. The number of carbonyl (C=O) groups is 1. The largest absolute Gasteiger partial charge is 0.348 e. The molecule has 1 aromatic heterocycles. The minimum absolute atomic E-state index is 0.0771. The summed E-state index contributed by atoms with van der Waals surface area (Å²) in [5, 5.41) is 2.95. The van der Waals surface area contributed by atoms with Gasteiger partial charge >= 0.3 is 0 Å². The quantitative estimate of drug-likeness (QED) is 0.750. The summed E-state index contributed by atoms with van der Waals surface area (Å²) in [6.45, 7) is 3.12. The Morgan fingerprint density at radius 3 is 2.89 bits per heavy atom. The van der Waals surface area contributed by atoms with Crippen molar-refractivity contribution in [3.8, 4) is 0 Å². The Labute approximate surface area is 108 Å². The van der Waals surface area contributed by atoms with Crippen LogP contribution in [0.2, 0.25) is 0 Å². The van der Waals surface area contributed by atoms with E-state index in [9.17, 15) is 4.79 Å². The second-order valence-electron chi connectivity index (χ2n) is 5.39. The summed E-state index contributed by atoms with van der Waals surface area (Å²) < 4.78 is 0. The van der Waals surface area contributed by atoms with Gasteiger partial charge in [-0.1, -0.05) is 6.92 Å². The van der Waals surface area contributed by atoms with Crippen LogP contribution in [0.5, 0.6) is 0 Å². The van der Waals surface area contributed by atoms with Crippen LogP contribution in [0.1, 0.15) is 38.4 Å². The molecule has 0 saturated heterocycles. The van der Waals surface area contributed by atoms with Crippen molar-refractivity contribution in [3.05, 3.63) is 18.2 Å². The molecule has 1 fully saturated rings. The maximum Gasteiger partial charge on any atom is 0.227 e. The Kier molecular flexibility index (Phi) is 4.01. The number of aromatic amines is 1. The van der Waals surface area contributed by atoms with Crippen molar-refractivity contribution in [1.29, 1.82) is 0 Å². The molecular weight excluding hydrogens is 228 g/mol. The Bertz CT molecular complexity index is 380. The molecule has 5 nitrogen and oxygen atoms in total. The lowest BCUT2D eigenvalue weighted by atomic mass is 9.70. The zero-order chi connectivity index (χ0) is 13.0. The minimum atomic E-state index is -0.362. The number of amides is 1. The van der Waals surface area contributed by atoms with Gasteiger partial charge in [-0.3, -0.25) is 4.79 Å². The zero-order valence-corrected chi connectivity index (χ0v) is 10.9. The number of hydrogen-bond acceptors (Lipinski definition) is 3. The summed E-state index contributed by atoms with van der Waals surface area (Å²) in [5.74, 6) is 1.57. The Balaban J connectivity index is 1.93. The SMILES string of the molecule is CC1CCC(CN)(C(=O)NCc2ncc[nH]2)CC1. The second kappa shape index (κ2) is 5.52. The molecule has 0 bridgehead atoms. The smallest absolute Gasteiger partial charge is 0.227 e. The minimum Gasteiger partial charge on any atom is -0.348 e. The molecule has 2 rings (SSSR count). The molecule has 1 heterocycles. The van der Waals surface area contributed by atoms with E-state index in [1.165, 1.54) is 0 Å². The van der Waals surface area contributed by atoms with Crippen molar-refractivity contribution in [2.24, 2.45) is 17.1 Å². The van der Waals surface area contributed by atoms with Crippen molar-refractivity contribution >= 4 is 5.91 Å². The number of nitrogens with two attached hydrogens (primary N) is 1. The molecule has 0 spiro atoms. The maximum atomic E-state index is 12.3. The van der Waals surface area contributed by atoms with Crippen LogP contribution in [0.4, 0.5) is 0 Å². The van der Waals surface area contributed by atoms with Crippen molar-refractivity contribution in [1.82, 2.24) is 15.3 Å². The third-order valence-electron chi connectivity index (χ3n) is 4.08. The highest BCUT2D eigenvalue weighted by Crippen LogP contribution is 2.38. The van der Waals surface area contributed by atoms with E-state index < -0.39 is 0 Å². The van der Waals surface area contributed by atoms with E-state index in [0.717, 1.165) is 31.5 Å².